The topological polar surface area (TPSA) is 8.17 Å². The quantitative estimate of drug-likeness (QED) is 0.169. The predicted molar refractivity (Wildman–Crippen MR) is 254 cm³/mol. The second-order valence-electron chi connectivity index (χ2n) is 17.7. The second kappa shape index (κ2) is 12.7. The Kier molecular flexibility index (Phi) is 7.36. The van der Waals surface area contributed by atoms with E-state index in [1.165, 1.54) is 99.6 Å². The zero-order valence-electron chi connectivity index (χ0n) is 34.4. The van der Waals surface area contributed by atoms with Gasteiger partial charge in [-0.05, 0) is 104 Å². The molecule has 0 N–H and O–H groups in total. The summed E-state index contributed by atoms with van der Waals surface area (Å²) in [5.74, 6) is 0. The van der Waals surface area contributed by atoms with Crippen molar-refractivity contribution >= 4 is 49.6 Å². The van der Waals surface area contributed by atoms with Gasteiger partial charge in [-0.1, -0.05) is 173 Å². The normalized spacial score (nSPS) is 14.3. The predicted octanol–water partition coefficient (Wildman–Crippen LogP) is 15.7. The largest absolute Gasteiger partial charge is 0.309 e. The van der Waals surface area contributed by atoms with Gasteiger partial charge in [-0.15, -0.1) is 0 Å². The van der Waals surface area contributed by atoms with Gasteiger partial charge in [0.1, 0.15) is 0 Å². The average Bonchev–Trinajstić information content (AvgIpc) is 3.74. The molecule has 1 aliphatic carbocycles. The molecule has 2 heterocycles. The number of rotatable bonds is 5. The van der Waals surface area contributed by atoms with Crippen LogP contribution < -0.4 is 4.90 Å². The van der Waals surface area contributed by atoms with Crippen LogP contribution in [0.1, 0.15) is 49.9 Å². The molecule has 0 saturated heterocycles. The molecule has 2 heteroatoms. The number of para-hydroxylation sites is 3. The maximum Gasteiger partial charge on any atom is 0.0582 e. The number of anilines is 3. The monoisotopic (exact) mass is 768 g/mol. The fourth-order valence-corrected chi connectivity index (χ4v) is 10.7. The van der Waals surface area contributed by atoms with Crippen molar-refractivity contribution in [2.24, 2.45) is 0 Å². The van der Waals surface area contributed by atoms with E-state index in [0.29, 0.717) is 0 Å². The smallest absolute Gasteiger partial charge is 0.0582 e. The lowest BCUT2D eigenvalue weighted by Crippen LogP contribution is -2.26. The molecule has 1 aromatic heterocycles. The molecule has 0 bridgehead atoms. The van der Waals surface area contributed by atoms with Crippen molar-refractivity contribution in [3.8, 4) is 39.1 Å². The van der Waals surface area contributed by atoms with Crippen molar-refractivity contribution in [3.05, 3.63) is 216 Å². The Balaban J connectivity index is 0.993. The first-order chi connectivity index (χ1) is 29.3. The third-order valence-corrected chi connectivity index (χ3v) is 13.8. The lowest BCUT2D eigenvalue weighted by atomic mass is 9.75. The Bertz CT molecular complexity index is 3380. The maximum absolute atomic E-state index is 2.50. The van der Waals surface area contributed by atoms with E-state index in [2.05, 4.69) is 231 Å². The molecule has 0 amide bonds. The summed E-state index contributed by atoms with van der Waals surface area (Å²) < 4.78 is 2.50. The number of fused-ring (bicyclic) bond motifs is 9. The molecule has 9 aromatic carbocycles. The van der Waals surface area contributed by atoms with Crippen molar-refractivity contribution in [1.29, 1.82) is 0 Å². The van der Waals surface area contributed by atoms with E-state index < -0.39 is 0 Å². The molecule has 286 valence electrons. The van der Waals surface area contributed by atoms with Crippen LogP contribution in [-0.2, 0) is 10.8 Å². The number of nitrogens with zero attached hydrogens (tertiary/aromatic N) is 2. The van der Waals surface area contributed by atoms with Crippen molar-refractivity contribution in [1.82, 2.24) is 4.57 Å². The third-order valence-electron chi connectivity index (χ3n) is 13.8. The fourth-order valence-electron chi connectivity index (χ4n) is 10.7. The fraction of sp³-hybridized carbons (Fsp3) is 0.103. The van der Waals surface area contributed by atoms with Gasteiger partial charge in [0.05, 0.1) is 28.1 Å². The number of hydrogen-bond donors (Lipinski definition) is 0. The van der Waals surface area contributed by atoms with Crippen LogP contribution in [0, 0.1) is 0 Å². The molecule has 0 radical (unpaired) electrons. The molecular weight excluding hydrogens is 725 g/mol. The van der Waals surface area contributed by atoms with Gasteiger partial charge < -0.3 is 9.47 Å². The first-order valence-electron chi connectivity index (χ1n) is 21.2. The Morgan fingerprint density at radius 3 is 1.88 bits per heavy atom. The molecule has 60 heavy (non-hydrogen) atoms. The summed E-state index contributed by atoms with van der Waals surface area (Å²) in [5, 5.41) is 5.07. The van der Waals surface area contributed by atoms with Gasteiger partial charge in [0.15, 0.2) is 0 Å². The van der Waals surface area contributed by atoms with E-state index in [-0.39, 0.29) is 10.8 Å². The SMILES string of the molecule is CC1(C)c2cc(-c3ccc4c(c3)c3cccc5c3n4-c3ccccc3C5(C)C)ccc2-c2ccc(N(c3ccccc3-c3ccccc3)c3cccc4ccccc34)cc21. The number of hydrogen-bond acceptors (Lipinski definition) is 1. The summed E-state index contributed by atoms with van der Waals surface area (Å²) in [5.41, 5.74) is 20.0. The van der Waals surface area contributed by atoms with Gasteiger partial charge in [-0.3, -0.25) is 0 Å². The lowest BCUT2D eigenvalue weighted by molar-refractivity contribution is 0.630. The molecule has 10 aromatic rings. The van der Waals surface area contributed by atoms with Crippen LogP contribution in [0.15, 0.2) is 194 Å². The van der Waals surface area contributed by atoms with Crippen LogP contribution in [0.5, 0.6) is 0 Å². The molecule has 0 fully saturated rings. The van der Waals surface area contributed by atoms with Crippen LogP contribution in [0.2, 0.25) is 0 Å². The summed E-state index contributed by atoms with van der Waals surface area (Å²) in [6.45, 7) is 9.54. The minimum atomic E-state index is -0.219. The highest BCUT2D eigenvalue weighted by atomic mass is 15.1. The molecule has 2 nitrogen and oxygen atoms in total. The Hall–Kier alpha value is -7.16. The highest BCUT2D eigenvalue weighted by molar-refractivity contribution is 6.13. The van der Waals surface area contributed by atoms with Gasteiger partial charge in [-0.2, -0.15) is 0 Å². The van der Waals surface area contributed by atoms with Gasteiger partial charge in [-0.25, -0.2) is 0 Å². The molecule has 2 aliphatic rings. The van der Waals surface area contributed by atoms with Crippen molar-refractivity contribution in [2.75, 3.05) is 4.90 Å². The third kappa shape index (κ3) is 4.88. The summed E-state index contributed by atoms with van der Waals surface area (Å²) >= 11 is 0. The van der Waals surface area contributed by atoms with Gasteiger partial charge in [0.2, 0.25) is 0 Å². The number of benzene rings is 9. The zero-order valence-corrected chi connectivity index (χ0v) is 34.4. The second-order valence-corrected chi connectivity index (χ2v) is 17.7. The lowest BCUT2D eigenvalue weighted by Gasteiger charge is -2.34. The number of aromatic nitrogens is 1. The van der Waals surface area contributed by atoms with Crippen LogP contribution in [-0.4, -0.2) is 4.57 Å². The summed E-state index contributed by atoms with van der Waals surface area (Å²) in [6, 6.07) is 72.2. The maximum atomic E-state index is 2.50. The Labute approximate surface area is 351 Å². The first kappa shape index (κ1) is 34.8. The van der Waals surface area contributed by atoms with Gasteiger partial charge in [0, 0.05) is 38.2 Å². The standard InChI is InChI=1S/C58H44N2/c1-57(2)48-23-11-13-26-55(48)60-54-33-29-39(34-47(54)46-22-15-24-49(57)56(46)60)40-28-31-44-45-32-30-41(36-51(45)58(3,4)50(44)35-40)59(53-27-14-19-38-18-8-9-20-43(38)53)52-25-12-10-21-42(52)37-16-6-5-7-17-37/h5-36H,1-4H3. The van der Waals surface area contributed by atoms with Gasteiger partial charge in [0.25, 0.3) is 0 Å². The van der Waals surface area contributed by atoms with Crippen molar-refractivity contribution < 1.29 is 0 Å². The Morgan fingerprint density at radius 2 is 1.00 bits per heavy atom. The van der Waals surface area contributed by atoms with E-state index in [9.17, 15) is 0 Å². The average molecular weight is 769 g/mol. The minimum Gasteiger partial charge on any atom is -0.309 e. The molecule has 0 saturated carbocycles. The summed E-state index contributed by atoms with van der Waals surface area (Å²) in [4.78, 5) is 2.48. The molecule has 1 aliphatic heterocycles. The summed E-state index contributed by atoms with van der Waals surface area (Å²) in [7, 11) is 0. The Morgan fingerprint density at radius 1 is 0.383 bits per heavy atom. The van der Waals surface area contributed by atoms with Gasteiger partial charge >= 0.3 is 0 Å². The van der Waals surface area contributed by atoms with E-state index in [4.69, 9.17) is 0 Å². The molecule has 0 spiro atoms. The molecule has 12 rings (SSSR count). The van der Waals surface area contributed by atoms with Crippen LogP contribution in [0.4, 0.5) is 17.1 Å². The molecule has 0 unspecified atom stereocenters. The van der Waals surface area contributed by atoms with E-state index in [0.717, 1.165) is 11.4 Å². The van der Waals surface area contributed by atoms with Crippen LogP contribution in [0.3, 0.4) is 0 Å². The van der Waals surface area contributed by atoms with Crippen molar-refractivity contribution in [3.63, 3.8) is 0 Å². The molecular formula is C58H44N2. The minimum absolute atomic E-state index is 0.0824. The summed E-state index contributed by atoms with van der Waals surface area (Å²) in [6.07, 6.45) is 0. The molecule has 0 atom stereocenters. The zero-order chi connectivity index (χ0) is 40.3. The van der Waals surface area contributed by atoms with Crippen LogP contribution in [0.25, 0.3) is 71.6 Å². The first-order valence-corrected chi connectivity index (χ1v) is 21.2. The van der Waals surface area contributed by atoms with E-state index >= 15 is 0 Å². The van der Waals surface area contributed by atoms with Crippen LogP contribution >= 0.6 is 0 Å². The van der Waals surface area contributed by atoms with E-state index in [1.54, 1.807) is 0 Å². The highest BCUT2D eigenvalue weighted by Crippen LogP contribution is 2.53. The van der Waals surface area contributed by atoms with Crippen molar-refractivity contribution in [2.45, 2.75) is 38.5 Å². The highest BCUT2D eigenvalue weighted by Gasteiger charge is 2.37. The van der Waals surface area contributed by atoms with E-state index in [1.807, 2.05) is 0 Å².